The predicted molar refractivity (Wildman–Crippen MR) is 124 cm³/mol. The first kappa shape index (κ1) is 25.5. The summed E-state index contributed by atoms with van der Waals surface area (Å²) in [4.78, 5) is 59.8. The van der Waals surface area contributed by atoms with Crippen LogP contribution in [0.5, 0.6) is 0 Å². The van der Waals surface area contributed by atoms with Crippen molar-refractivity contribution in [2.24, 2.45) is 10.6 Å². The molecule has 1 saturated heterocycles. The molecule has 0 spiro atoms. The summed E-state index contributed by atoms with van der Waals surface area (Å²) in [6, 6.07) is -0.834. The van der Waals surface area contributed by atoms with Crippen LogP contribution in [0.1, 0.15) is 33.4 Å². The van der Waals surface area contributed by atoms with Gasteiger partial charge in [0.15, 0.2) is 10.8 Å². The van der Waals surface area contributed by atoms with Gasteiger partial charge in [-0.05, 0) is 27.7 Å². The van der Waals surface area contributed by atoms with Gasteiger partial charge in [-0.15, -0.1) is 23.1 Å². The highest BCUT2D eigenvalue weighted by Gasteiger charge is 2.52. The second-order valence-electron chi connectivity index (χ2n) is 8.37. The third-order valence-corrected chi connectivity index (χ3v) is 6.93. The molecule has 0 aromatic carbocycles. The summed E-state index contributed by atoms with van der Waals surface area (Å²) in [6.07, 6.45) is 1.40. The van der Waals surface area contributed by atoms with Gasteiger partial charge in [-0.2, -0.15) is 0 Å². The first-order valence-corrected chi connectivity index (χ1v) is 11.9. The molecule has 0 bridgehead atoms. The number of nitrogens with two attached hydrogens (primary N) is 1. The molecule has 2 amide bonds. The highest BCUT2D eigenvalue weighted by atomic mass is 32.2. The zero-order chi connectivity index (χ0) is 25.2. The third kappa shape index (κ3) is 5.33. The van der Waals surface area contributed by atoms with Crippen LogP contribution in [-0.4, -0.2) is 69.9 Å². The molecule has 14 heteroatoms. The number of β-lactam (4-membered cyclic amide) rings is 1. The molecule has 0 saturated carbocycles. The van der Waals surface area contributed by atoms with Crippen molar-refractivity contribution in [3.05, 3.63) is 22.8 Å². The fourth-order valence-electron chi connectivity index (χ4n) is 2.99. The van der Waals surface area contributed by atoms with Crippen molar-refractivity contribution in [1.82, 2.24) is 15.2 Å². The van der Waals surface area contributed by atoms with Gasteiger partial charge >= 0.3 is 11.9 Å². The van der Waals surface area contributed by atoms with Gasteiger partial charge in [0, 0.05) is 16.8 Å². The summed E-state index contributed by atoms with van der Waals surface area (Å²) in [5, 5.41) is 7.39. The zero-order valence-electron chi connectivity index (χ0n) is 19.2. The minimum atomic E-state index is -0.834. The van der Waals surface area contributed by atoms with Crippen molar-refractivity contribution in [3.63, 3.8) is 0 Å². The number of rotatable bonds is 7. The van der Waals surface area contributed by atoms with E-state index in [0.717, 1.165) is 11.3 Å². The number of thiazole rings is 1. The van der Waals surface area contributed by atoms with E-state index in [9.17, 15) is 19.2 Å². The van der Waals surface area contributed by atoms with Crippen LogP contribution in [-0.2, 0) is 33.5 Å². The van der Waals surface area contributed by atoms with Crippen LogP contribution in [0.15, 0.2) is 22.3 Å². The molecule has 3 rings (SSSR count). The van der Waals surface area contributed by atoms with Crippen LogP contribution in [0.25, 0.3) is 0 Å². The molecule has 34 heavy (non-hydrogen) atoms. The second kappa shape index (κ2) is 10.0. The molecular weight excluding hydrogens is 486 g/mol. The van der Waals surface area contributed by atoms with E-state index in [2.05, 4.69) is 15.5 Å². The Kier molecular flexibility index (Phi) is 7.51. The Morgan fingerprint density at radius 2 is 2.00 bits per heavy atom. The predicted octanol–water partition coefficient (Wildman–Crippen LogP) is 0.838. The Bertz CT molecular complexity index is 1060. The number of hydrogen-bond donors (Lipinski definition) is 2. The molecule has 1 aromatic heterocycles. The molecule has 184 valence electrons. The average Bonchev–Trinajstić information content (AvgIpc) is 3.20. The number of esters is 2. The van der Waals surface area contributed by atoms with E-state index < -0.39 is 47.4 Å². The van der Waals surface area contributed by atoms with Crippen LogP contribution in [0.2, 0.25) is 0 Å². The molecule has 1 fully saturated rings. The number of nitrogens with zero attached hydrogens (tertiary/aromatic N) is 3. The highest BCUT2D eigenvalue weighted by molar-refractivity contribution is 8.00. The van der Waals surface area contributed by atoms with Crippen LogP contribution < -0.4 is 11.1 Å². The summed E-state index contributed by atoms with van der Waals surface area (Å²) in [5.74, 6) is -2.25. The Morgan fingerprint density at radius 3 is 2.59 bits per heavy atom. The number of oxime groups is 1. The van der Waals surface area contributed by atoms with E-state index >= 15 is 0 Å². The lowest BCUT2D eigenvalue weighted by Crippen LogP contribution is -2.69. The Balaban J connectivity index is 1.62. The van der Waals surface area contributed by atoms with E-state index in [0.29, 0.717) is 0 Å². The van der Waals surface area contributed by atoms with Crippen molar-refractivity contribution in [3.8, 4) is 0 Å². The van der Waals surface area contributed by atoms with Crippen molar-refractivity contribution < 1.29 is 33.5 Å². The molecule has 3 N–H and O–H groups in total. The second-order valence-corrected chi connectivity index (χ2v) is 10.7. The van der Waals surface area contributed by atoms with E-state index in [1.807, 2.05) is 0 Å². The highest BCUT2D eigenvalue weighted by Crippen LogP contribution is 2.40. The van der Waals surface area contributed by atoms with Gasteiger partial charge in [0.25, 0.3) is 11.8 Å². The third-order valence-electron chi connectivity index (χ3n) is 4.82. The lowest BCUT2D eigenvalue weighted by molar-refractivity contribution is -0.171. The van der Waals surface area contributed by atoms with Crippen molar-refractivity contribution in [1.29, 1.82) is 0 Å². The molecule has 12 nitrogen and oxygen atoms in total. The van der Waals surface area contributed by atoms with Crippen LogP contribution >= 0.6 is 23.1 Å². The first-order chi connectivity index (χ1) is 15.9. The fourth-order valence-corrected chi connectivity index (χ4v) is 4.90. The molecule has 2 aliphatic heterocycles. The Labute approximate surface area is 203 Å². The molecule has 1 aromatic rings. The van der Waals surface area contributed by atoms with Gasteiger partial charge in [0.1, 0.15) is 24.2 Å². The zero-order valence-corrected chi connectivity index (χ0v) is 20.8. The van der Waals surface area contributed by atoms with Crippen molar-refractivity contribution in [2.75, 3.05) is 19.6 Å². The summed E-state index contributed by atoms with van der Waals surface area (Å²) in [5.41, 5.74) is 5.26. The van der Waals surface area contributed by atoms with Crippen LogP contribution in [0, 0.1) is 5.41 Å². The van der Waals surface area contributed by atoms with E-state index in [4.69, 9.17) is 20.0 Å². The number of carbonyl (C=O) groups excluding carboxylic acids is 4. The van der Waals surface area contributed by atoms with Gasteiger partial charge in [-0.3, -0.25) is 14.4 Å². The quantitative estimate of drug-likeness (QED) is 0.176. The Morgan fingerprint density at radius 1 is 1.29 bits per heavy atom. The summed E-state index contributed by atoms with van der Waals surface area (Å²) >= 11 is 2.44. The standard InChI is InChI=1S/C20H25N5O7S2/c1-9-10(17(28)31-8-32-18(29)20(2,3)4)6-25-15(27)13(16(25)34-9)23-14(26)12(24-30-5)11-7-33-19(21)22-11/h6-7,9,13,16H,8H2,1-5H3,(H2,21,22)(H,23,26)/t9?,13?,16-/m1/s1. The number of thioether (sulfide) groups is 1. The molecule has 2 aliphatic rings. The van der Waals surface area contributed by atoms with Crippen LogP contribution in [0.3, 0.4) is 0 Å². The number of nitrogens with one attached hydrogen (secondary N) is 1. The maximum Gasteiger partial charge on any atom is 0.339 e. The maximum absolute atomic E-state index is 12.8. The molecule has 3 heterocycles. The van der Waals surface area contributed by atoms with Crippen LogP contribution in [0.4, 0.5) is 5.13 Å². The van der Waals surface area contributed by atoms with Gasteiger partial charge in [-0.1, -0.05) is 5.16 Å². The normalized spacial score (nSPS) is 22.2. The largest absolute Gasteiger partial charge is 0.427 e. The fraction of sp³-hybridized carbons (Fsp3) is 0.500. The smallest absolute Gasteiger partial charge is 0.339 e. The number of aromatic nitrogens is 1. The summed E-state index contributed by atoms with van der Waals surface area (Å²) in [7, 11) is 1.29. The van der Waals surface area contributed by atoms with Crippen molar-refractivity contribution in [2.45, 2.75) is 44.4 Å². The van der Waals surface area contributed by atoms with E-state index in [-0.39, 0.29) is 27.4 Å². The molecule has 0 aliphatic carbocycles. The summed E-state index contributed by atoms with van der Waals surface area (Å²) in [6.45, 7) is 6.29. The lowest BCUT2D eigenvalue weighted by Gasteiger charge is -2.48. The van der Waals surface area contributed by atoms with Gasteiger partial charge in [0.2, 0.25) is 6.79 Å². The van der Waals surface area contributed by atoms with Gasteiger partial charge in [0.05, 0.1) is 11.0 Å². The number of amides is 2. The topological polar surface area (TPSA) is 163 Å². The first-order valence-electron chi connectivity index (χ1n) is 10.1. The number of ether oxygens (including phenoxy) is 2. The minimum absolute atomic E-state index is 0.111. The number of fused-ring (bicyclic) bond motifs is 1. The van der Waals surface area contributed by atoms with E-state index in [1.165, 1.54) is 30.0 Å². The maximum atomic E-state index is 12.8. The number of anilines is 1. The number of carbonyl (C=O) groups is 4. The molecule has 3 atom stereocenters. The Hall–Kier alpha value is -3.13. The SMILES string of the molecule is CON=C(C(=O)NC1C(=O)N2C=C(C(=O)OCOC(=O)C(C)(C)C)C(C)S[C@H]12)c1csc(N)n1. The molecule has 2 unspecified atom stereocenters. The molecule has 0 radical (unpaired) electrons. The summed E-state index contributed by atoms with van der Waals surface area (Å²) < 4.78 is 9.99. The average molecular weight is 512 g/mol. The van der Waals surface area contributed by atoms with Gasteiger partial charge < -0.3 is 30.3 Å². The minimum Gasteiger partial charge on any atom is -0.427 e. The van der Waals surface area contributed by atoms with Gasteiger partial charge in [-0.25, -0.2) is 9.78 Å². The molecular formula is C20H25N5O7S2. The number of nitrogen functional groups attached to an aromatic ring is 1. The van der Waals surface area contributed by atoms with Crippen molar-refractivity contribution >= 4 is 57.7 Å². The number of hydrogen-bond acceptors (Lipinski definition) is 12. The lowest BCUT2D eigenvalue weighted by atomic mass is 9.98. The van der Waals surface area contributed by atoms with E-state index in [1.54, 1.807) is 33.1 Å². The monoisotopic (exact) mass is 511 g/mol.